The Labute approximate surface area is 246 Å². The number of benzene rings is 3. The maximum Gasteiger partial charge on any atom is 0.0534 e. The minimum atomic E-state index is 0.123. The van der Waals surface area contributed by atoms with Crippen molar-refractivity contribution in [3.8, 4) is 11.4 Å². The second-order valence-electron chi connectivity index (χ2n) is 14.5. The van der Waals surface area contributed by atoms with Crippen LogP contribution in [0.15, 0.2) is 72.8 Å². The second-order valence-corrected chi connectivity index (χ2v) is 14.5. The summed E-state index contributed by atoms with van der Waals surface area (Å²) in [5.74, 6) is 1.67. The van der Waals surface area contributed by atoms with Gasteiger partial charge >= 0.3 is 0 Å². The first-order valence-corrected chi connectivity index (χ1v) is 16.0. The zero-order chi connectivity index (χ0) is 28.7. The van der Waals surface area contributed by atoms with E-state index >= 15 is 0 Å². The molecule has 0 N–H and O–H groups in total. The maximum absolute atomic E-state index is 2.62. The summed E-state index contributed by atoms with van der Waals surface area (Å²) in [7, 11) is 0. The molecule has 2 heterocycles. The zero-order valence-corrected chi connectivity index (χ0v) is 26.1. The minimum Gasteiger partial charge on any atom is -0.313 e. The van der Waals surface area contributed by atoms with E-state index in [-0.39, 0.29) is 10.8 Å². The molecule has 3 aromatic carbocycles. The van der Waals surface area contributed by atoms with Crippen LogP contribution in [-0.2, 0) is 10.8 Å². The summed E-state index contributed by atoms with van der Waals surface area (Å²) in [5.41, 5.74) is 11.7. The van der Waals surface area contributed by atoms with Crippen LogP contribution in [0.3, 0.4) is 0 Å². The standard InChI is InChI=1S/C39H46N2/c1-25-14-13-23-38(4,5)34-30-17-8-10-19-32(30)40(36(25)34)28-15-12-16-29(24-28)41-33-20-11-9-18-31(33)35-37(41)26(2)21-22-27(3)39(35,6)7/h8-12,15-20,24-27H,13-14,21-23H2,1-7H3/t25?,26?,27-/m1/s1. The van der Waals surface area contributed by atoms with Crippen molar-refractivity contribution in [1.82, 2.24) is 9.13 Å². The molecule has 0 fully saturated rings. The van der Waals surface area contributed by atoms with E-state index in [4.69, 9.17) is 0 Å². The molecule has 5 aromatic rings. The topological polar surface area (TPSA) is 9.86 Å². The lowest BCUT2D eigenvalue weighted by molar-refractivity contribution is 0.328. The molecule has 0 amide bonds. The third-order valence-electron chi connectivity index (χ3n) is 11.1. The SMILES string of the molecule is CC1CCCC(C)(C)c2c1n(-c1cccc(-n3c4c(c5ccccc53)C(C)(C)[C@H](C)CCC4C)c1)c1ccccc21. The smallest absolute Gasteiger partial charge is 0.0534 e. The van der Waals surface area contributed by atoms with Gasteiger partial charge in [-0.05, 0) is 95.7 Å². The number of fused-ring (bicyclic) bond motifs is 6. The first-order valence-electron chi connectivity index (χ1n) is 16.0. The van der Waals surface area contributed by atoms with Crippen LogP contribution >= 0.6 is 0 Å². The number of aromatic nitrogens is 2. The summed E-state index contributed by atoms with van der Waals surface area (Å²) < 4.78 is 5.24. The highest BCUT2D eigenvalue weighted by atomic mass is 15.0. The van der Waals surface area contributed by atoms with Gasteiger partial charge in [-0.1, -0.05) is 97.4 Å². The second kappa shape index (κ2) is 9.38. The van der Waals surface area contributed by atoms with E-state index in [0.29, 0.717) is 17.8 Å². The molecular weight excluding hydrogens is 496 g/mol. The van der Waals surface area contributed by atoms with Gasteiger partial charge in [-0.15, -0.1) is 0 Å². The van der Waals surface area contributed by atoms with Crippen LogP contribution in [0, 0.1) is 5.92 Å². The quantitative estimate of drug-likeness (QED) is 0.196. The fourth-order valence-corrected chi connectivity index (χ4v) is 8.52. The third kappa shape index (κ3) is 3.89. The fourth-order valence-electron chi connectivity index (χ4n) is 8.52. The number of para-hydroxylation sites is 2. The fraction of sp³-hybridized carbons (Fsp3) is 0.436. The lowest BCUT2D eigenvalue weighted by Gasteiger charge is -2.31. The summed E-state index contributed by atoms with van der Waals surface area (Å²) >= 11 is 0. The molecule has 0 spiro atoms. The molecule has 2 heteroatoms. The van der Waals surface area contributed by atoms with Crippen LogP contribution in [0.1, 0.15) is 115 Å². The molecular formula is C39H46N2. The van der Waals surface area contributed by atoms with Gasteiger partial charge in [-0.3, -0.25) is 0 Å². The first-order chi connectivity index (χ1) is 19.6. The summed E-state index contributed by atoms with van der Waals surface area (Å²) in [4.78, 5) is 0. The molecule has 0 saturated carbocycles. The largest absolute Gasteiger partial charge is 0.313 e. The van der Waals surface area contributed by atoms with Crippen molar-refractivity contribution in [2.75, 3.05) is 0 Å². The lowest BCUT2D eigenvalue weighted by Crippen LogP contribution is -2.26. The van der Waals surface area contributed by atoms with E-state index in [0.717, 1.165) is 0 Å². The van der Waals surface area contributed by atoms with Crippen LogP contribution in [0.2, 0.25) is 0 Å². The van der Waals surface area contributed by atoms with Gasteiger partial charge in [0.2, 0.25) is 0 Å². The van der Waals surface area contributed by atoms with Gasteiger partial charge in [0.1, 0.15) is 0 Å². The van der Waals surface area contributed by atoms with E-state index in [2.05, 4.69) is 130 Å². The van der Waals surface area contributed by atoms with Crippen molar-refractivity contribution in [3.05, 3.63) is 95.3 Å². The van der Waals surface area contributed by atoms with E-state index in [9.17, 15) is 0 Å². The molecule has 212 valence electrons. The lowest BCUT2D eigenvalue weighted by atomic mass is 9.73. The van der Waals surface area contributed by atoms with Crippen molar-refractivity contribution in [2.24, 2.45) is 5.92 Å². The maximum atomic E-state index is 2.62. The molecule has 0 radical (unpaired) electrons. The molecule has 7 rings (SSSR count). The Morgan fingerprint density at radius 1 is 0.610 bits per heavy atom. The zero-order valence-electron chi connectivity index (χ0n) is 26.1. The summed E-state index contributed by atoms with van der Waals surface area (Å²) in [6.07, 6.45) is 6.27. The van der Waals surface area contributed by atoms with E-state index in [1.165, 1.54) is 76.7 Å². The Hall–Kier alpha value is -3.26. The van der Waals surface area contributed by atoms with Crippen molar-refractivity contribution in [1.29, 1.82) is 0 Å². The van der Waals surface area contributed by atoms with E-state index in [1.54, 1.807) is 11.1 Å². The highest BCUT2D eigenvalue weighted by Gasteiger charge is 2.39. The molecule has 2 aliphatic rings. The van der Waals surface area contributed by atoms with Crippen molar-refractivity contribution < 1.29 is 0 Å². The Balaban J connectivity index is 1.52. The molecule has 0 bridgehead atoms. The number of rotatable bonds is 2. The Bertz CT molecular complexity index is 1770. The van der Waals surface area contributed by atoms with E-state index < -0.39 is 0 Å². The third-order valence-corrected chi connectivity index (χ3v) is 11.1. The average Bonchev–Trinajstić information content (AvgIpc) is 3.44. The Kier molecular flexibility index (Phi) is 6.09. The van der Waals surface area contributed by atoms with Gasteiger partial charge in [0, 0.05) is 33.5 Å². The van der Waals surface area contributed by atoms with Gasteiger partial charge in [-0.25, -0.2) is 0 Å². The molecule has 2 unspecified atom stereocenters. The van der Waals surface area contributed by atoms with Crippen molar-refractivity contribution >= 4 is 21.8 Å². The highest BCUT2D eigenvalue weighted by molar-refractivity contribution is 5.90. The van der Waals surface area contributed by atoms with Crippen LogP contribution in [0.25, 0.3) is 33.2 Å². The van der Waals surface area contributed by atoms with E-state index in [1.807, 2.05) is 0 Å². The number of nitrogens with zero attached hydrogens (tertiary/aromatic N) is 2. The minimum absolute atomic E-state index is 0.123. The van der Waals surface area contributed by atoms with Crippen LogP contribution < -0.4 is 0 Å². The monoisotopic (exact) mass is 542 g/mol. The number of hydrogen-bond donors (Lipinski definition) is 0. The molecule has 3 atom stereocenters. The highest BCUT2D eigenvalue weighted by Crippen LogP contribution is 2.50. The first kappa shape index (κ1) is 26.6. The average molecular weight is 543 g/mol. The van der Waals surface area contributed by atoms with Crippen LogP contribution in [-0.4, -0.2) is 9.13 Å². The van der Waals surface area contributed by atoms with Crippen molar-refractivity contribution in [3.63, 3.8) is 0 Å². The molecule has 2 nitrogen and oxygen atoms in total. The predicted molar refractivity (Wildman–Crippen MR) is 175 cm³/mol. The summed E-state index contributed by atoms with van der Waals surface area (Å²) in [5, 5.41) is 2.85. The summed E-state index contributed by atoms with van der Waals surface area (Å²) in [6.45, 7) is 17.2. The number of hydrogen-bond acceptors (Lipinski definition) is 0. The van der Waals surface area contributed by atoms with Crippen LogP contribution in [0.4, 0.5) is 0 Å². The molecule has 0 saturated heterocycles. The molecule has 41 heavy (non-hydrogen) atoms. The van der Waals surface area contributed by atoms with Gasteiger partial charge < -0.3 is 9.13 Å². The predicted octanol–water partition coefficient (Wildman–Crippen LogP) is 11.0. The molecule has 2 aromatic heterocycles. The Morgan fingerprint density at radius 2 is 1.15 bits per heavy atom. The van der Waals surface area contributed by atoms with Gasteiger partial charge in [0.25, 0.3) is 0 Å². The molecule has 0 aliphatic heterocycles. The Morgan fingerprint density at radius 3 is 1.78 bits per heavy atom. The van der Waals surface area contributed by atoms with Gasteiger partial charge in [-0.2, -0.15) is 0 Å². The summed E-state index contributed by atoms with van der Waals surface area (Å²) in [6, 6.07) is 27.7. The molecule has 2 aliphatic carbocycles. The van der Waals surface area contributed by atoms with Gasteiger partial charge in [0.15, 0.2) is 0 Å². The van der Waals surface area contributed by atoms with Crippen molar-refractivity contribution in [2.45, 2.75) is 103 Å². The van der Waals surface area contributed by atoms with Gasteiger partial charge in [0.05, 0.1) is 11.0 Å². The van der Waals surface area contributed by atoms with Crippen LogP contribution in [0.5, 0.6) is 0 Å². The normalized spacial score (nSPS) is 23.6.